The van der Waals surface area contributed by atoms with Crippen LogP contribution in [0.3, 0.4) is 0 Å². The molecule has 0 amide bonds. The molecule has 0 aliphatic heterocycles. The van der Waals surface area contributed by atoms with Gasteiger partial charge in [0.25, 0.3) is 0 Å². The molecule has 0 bridgehead atoms. The number of hydrogen-bond donors (Lipinski definition) is 1. The Morgan fingerprint density at radius 2 is 1.93 bits per heavy atom. The number of pyridine rings is 1. The normalized spacial score (nSPS) is 12.4. The molecule has 2 aromatic carbocycles. The fraction of sp³-hybridized carbons (Fsp3) is 0.182. The van der Waals surface area contributed by atoms with E-state index in [1.165, 1.54) is 10.9 Å². The maximum atomic E-state index is 6.29. The molecule has 2 N–H and O–H groups in total. The van der Waals surface area contributed by atoms with Crippen LogP contribution < -0.4 is 5.73 Å². The summed E-state index contributed by atoms with van der Waals surface area (Å²) in [5.41, 5.74) is 9.73. The van der Waals surface area contributed by atoms with E-state index < -0.39 is 0 Å². The lowest BCUT2D eigenvalue weighted by Crippen LogP contribution is -2.24. The number of nitrogens with two attached hydrogens (primary N) is 1. The van der Waals surface area contributed by atoms with Crippen LogP contribution in [-0.4, -0.2) is 20.8 Å². The summed E-state index contributed by atoms with van der Waals surface area (Å²) in [7, 11) is 0. The Balaban J connectivity index is 1.40. The molecule has 0 radical (unpaired) electrons. The van der Waals surface area contributed by atoms with Gasteiger partial charge < -0.3 is 5.73 Å². The molecule has 0 fully saturated rings. The number of nitrogens with zero attached hydrogens (tertiary/aromatic N) is 3. The summed E-state index contributed by atoms with van der Waals surface area (Å²) in [6, 6.07) is 16.3. The van der Waals surface area contributed by atoms with E-state index in [0.29, 0.717) is 0 Å². The number of aromatic nitrogens is 3. The Morgan fingerprint density at radius 3 is 2.81 bits per heavy atom. The summed E-state index contributed by atoms with van der Waals surface area (Å²) in [6.07, 6.45) is 9.35. The van der Waals surface area contributed by atoms with Gasteiger partial charge in [0, 0.05) is 47.1 Å². The quantitative estimate of drug-likeness (QED) is 0.530. The van der Waals surface area contributed by atoms with Crippen molar-refractivity contribution < 1.29 is 0 Å². The van der Waals surface area contributed by atoms with Gasteiger partial charge in [0.15, 0.2) is 0 Å². The van der Waals surface area contributed by atoms with Crippen LogP contribution in [0, 0.1) is 0 Å². The first-order valence-electron chi connectivity index (χ1n) is 9.04. The van der Waals surface area contributed by atoms with Crippen LogP contribution in [0.1, 0.15) is 12.0 Å². The molecule has 4 rings (SSSR count). The Bertz CT molecular complexity index is 1060. The summed E-state index contributed by atoms with van der Waals surface area (Å²) >= 11 is 6.04. The fourth-order valence-corrected chi connectivity index (χ4v) is 3.48. The van der Waals surface area contributed by atoms with Crippen molar-refractivity contribution in [1.82, 2.24) is 14.8 Å². The topological polar surface area (TPSA) is 56.7 Å². The van der Waals surface area contributed by atoms with Crippen molar-refractivity contribution in [3.63, 3.8) is 0 Å². The highest BCUT2D eigenvalue weighted by Crippen LogP contribution is 2.23. The fourth-order valence-electron chi connectivity index (χ4n) is 3.26. The lowest BCUT2D eigenvalue weighted by atomic mass is 10.0. The van der Waals surface area contributed by atoms with Gasteiger partial charge in [-0.15, -0.1) is 0 Å². The number of benzene rings is 2. The molecule has 2 heterocycles. The van der Waals surface area contributed by atoms with E-state index in [1.807, 2.05) is 47.5 Å². The Kier molecular flexibility index (Phi) is 5.19. The molecule has 4 aromatic rings. The number of aryl methyl sites for hydroxylation is 1. The Morgan fingerprint density at radius 1 is 1.00 bits per heavy atom. The molecule has 4 nitrogen and oxygen atoms in total. The summed E-state index contributed by atoms with van der Waals surface area (Å²) in [4.78, 5) is 4.16. The van der Waals surface area contributed by atoms with Gasteiger partial charge in [-0.1, -0.05) is 35.9 Å². The zero-order valence-electron chi connectivity index (χ0n) is 14.9. The molecule has 136 valence electrons. The third-order valence-electron chi connectivity index (χ3n) is 4.72. The number of fused-ring (bicyclic) bond motifs is 1. The predicted octanol–water partition coefficient (Wildman–Crippen LogP) is 4.71. The van der Waals surface area contributed by atoms with Crippen LogP contribution in [0.15, 0.2) is 73.3 Å². The molecule has 5 heteroatoms. The highest BCUT2D eigenvalue weighted by Gasteiger charge is 2.07. The summed E-state index contributed by atoms with van der Waals surface area (Å²) < 4.78 is 1.96. The lowest BCUT2D eigenvalue weighted by Gasteiger charge is -2.12. The van der Waals surface area contributed by atoms with Crippen LogP contribution in [0.4, 0.5) is 0 Å². The minimum absolute atomic E-state index is 0.0734. The first-order valence-corrected chi connectivity index (χ1v) is 9.42. The largest absolute Gasteiger partial charge is 0.327 e. The van der Waals surface area contributed by atoms with E-state index in [9.17, 15) is 0 Å². The minimum atomic E-state index is 0.0734. The lowest BCUT2D eigenvalue weighted by molar-refractivity contribution is 0.507. The molecule has 1 unspecified atom stereocenters. The van der Waals surface area contributed by atoms with Crippen molar-refractivity contribution in [2.24, 2.45) is 5.73 Å². The summed E-state index contributed by atoms with van der Waals surface area (Å²) in [5.74, 6) is 0. The molecular formula is C22H21ClN4. The van der Waals surface area contributed by atoms with Gasteiger partial charge in [-0.2, -0.15) is 5.10 Å². The Hall–Kier alpha value is -2.69. The maximum Gasteiger partial charge on any atom is 0.0568 e. The molecule has 1 atom stereocenters. The van der Waals surface area contributed by atoms with E-state index in [0.717, 1.165) is 40.9 Å². The van der Waals surface area contributed by atoms with E-state index >= 15 is 0 Å². The van der Waals surface area contributed by atoms with Gasteiger partial charge in [-0.25, -0.2) is 0 Å². The number of halogens is 1. The molecule has 0 spiro atoms. The van der Waals surface area contributed by atoms with Gasteiger partial charge in [-0.05, 0) is 53.6 Å². The van der Waals surface area contributed by atoms with Crippen molar-refractivity contribution in [3.05, 3.63) is 83.9 Å². The van der Waals surface area contributed by atoms with Gasteiger partial charge in [0.2, 0.25) is 0 Å². The van der Waals surface area contributed by atoms with Gasteiger partial charge in [-0.3, -0.25) is 9.67 Å². The second-order valence-electron chi connectivity index (χ2n) is 6.81. The van der Waals surface area contributed by atoms with E-state index in [1.54, 1.807) is 0 Å². The standard InChI is InChI=1S/C22H21ClN4/c23-21-3-1-2-16(10-21)11-22(24)7-9-27-15-20(14-26-27)17-4-5-19-13-25-8-6-18(19)12-17/h1-6,8,10,12-15,22H,7,9,11,24H2. The minimum Gasteiger partial charge on any atom is -0.327 e. The molecule has 0 saturated carbocycles. The van der Waals surface area contributed by atoms with Crippen molar-refractivity contribution in [2.75, 3.05) is 0 Å². The first-order chi connectivity index (χ1) is 13.2. The van der Waals surface area contributed by atoms with E-state index in [4.69, 9.17) is 17.3 Å². The van der Waals surface area contributed by atoms with Crippen LogP contribution in [0.2, 0.25) is 5.02 Å². The molecule has 0 aliphatic rings. The first kappa shape index (κ1) is 17.7. The van der Waals surface area contributed by atoms with E-state index in [-0.39, 0.29) is 6.04 Å². The molecule has 2 aromatic heterocycles. The zero-order valence-corrected chi connectivity index (χ0v) is 15.7. The maximum absolute atomic E-state index is 6.29. The van der Waals surface area contributed by atoms with Gasteiger partial charge >= 0.3 is 0 Å². The van der Waals surface area contributed by atoms with Gasteiger partial charge in [0.1, 0.15) is 0 Å². The smallest absolute Gasteiger partial charge is 0.0568 e. The van der Waals surface area contributed by atoms with Crippen LogP contribution in [-0.2, 0) is 13.0 Å². The molecule has 27 heavy (non-hydrogen) atoms. The number of hydrogen-bond acceptors (Lipinski definition) is 3. The SMILES string of the molecule is NC(CCn1cc(-c2ccc3cnccc3c2)cn1)Cc1cccc(Cl)c1. The van der Waals surface area contributed by atoms with Gasteiger partial charge in [0.05, 0.1) is 6.20 Å². The van der Waals surface area contributed by atoms with Crippen molar-refractivity contribution in [2.45, 2.75) is 25.4 Å². The van der Waals surface area contributed by atoms with E-state index in [2.05, 4.69) is 40.5 Å². The van der Waals surface area contributed by atoms with Crippen LogP contribution in [0.25, 0.3) is 21.9 Å². The third kappa shape index (κ3) is 4.35. The monoisotopic (exact) mass is 376 g/mol. The Labute approximate surface area is 163 Å². The molecular weight excluding hydrogens is 356 g/mol. The molecule has 0 aliphatic carbocycles. The average molecular weight is 377 g/mol. The summed E-state index contributed by atoms with van der Waals surface area (Å²) in [6.45, 7) is 0.791. The van der Waals surface area contributed by atoms with Crippen LogP contribution in [0.5, 0.6) is 0 Å². The van der Waals surface area contributed by atoms with Crippen LogP contribution >= 0.6 is 11.6 Å². The zero-order chi connectivity index (χ0) is 18.6. The highest BCUT2D eigenvalue weighted by atomic mass is 35.5. The second-order valence-corrected chi connectivity index (χ2v) is 7.25. The molecule has 0 saturated heterocycles. The van der Waals surface area contributed by atoms with Crippen molar-refractivity contribution in [3.8, 4) is 11.1 Å². The van der Waals surface area contributed by atoms with Crippen molar-refractivity contribution >= 4 is 22.4 Å². The third-order valence-corrected chi connectivity index (χ3v) is 4.96. The predicted molar refractivity (Wildman–Crippen MR) is 111 cm³/mol. The highest BCUT2D eigenvalue weighted by molar-refractivity contribution is 6.30. The average Bonchev–Trinajstić information content (AvgIpc) is 3.15. The second kappa shape index (κ2) is 7.91. The van der Waals surface area contributed by atoms with Crippen molar-refractivity contribution in [1.29, 1.82) is 0 Å². The summed E-state index contributed by atoms with van der Waals surface area (Å²) in [5, 5.41) is 7.56. The number of rotatable bonds is 6.